The predicted molar refractivity (Wildman–Crippen MR) is 108 cm³/mol. The van der Waals surface area contributed by atoms with Crippen LogP contribution in [-0.4, -0.2) is 96.1 Å². The van der Waals surface area contributed by atoms with Gasteiger partial charge in [0.25, 0.3) is 0 Å². The van der Waals surface area contributed by atoms with Crippen LogP contribution in [0.15, 0.2) is 6.07 Å². The Morgan fingerprint density at radius 3 is 2.30 bits per heavy atom. The van der Waals surface area contributed by atoms with Crippen molar-refractivity contribution in [2.75, 3.05) is 25.5 Å². The van der Waals surface area contributed by atoms with E-state index in [-0.39, 0.29) is 51.4 Å². The Bertz CT molecular complexity index is 809. The Kier molecular flexibility index (Phi) is 7.09. The quantitative estimate of drug-likeness (QED) is 0.737. The van der Waals surface area contributed by atoms with E-state index in [0.29, 0.717) is 13.0 Å². The molecule has 4 rings (SSSR count). The molecule has 3 aliphatic rings. The number of piperidine rings is 1. The first-order chi connectivity index (χ1) is 12.4. The average Bonchev–Trinajstić information content (AvgIpc) is 3.23. The fraction of sp³-hybridized carbons (Fsp3) is 0.632. The Balaban J connectivity index is 0.00000210. The van der Waals surface area contributed by atoms with E-state index < -0.39 is 21.3 Å². The van der Waals surface area contributed by atoms with Crippen LogP contribution in [0.5, 0.6) is 0 Å². The van der Waals surface area contributed by atoms with Crippen LogP contribution in [0.25, 0.3) is 0 Å². The summed E-state index contributed by atoms with van der Waals surface area (Å²) in [6, 6.07) is 1.68. The van der Waals surface area contributed by atoms with E-state index in [4.69, 9.17) is 0 Å². The van der Waals surface area contributed by atoms with Gasteiger partial charge in [-0.2, -0.15) is 0 Å². The van der Waals surface area contributed by atoms with Gasteiger partial charge in [-0.15, -0.1) is 0 Å². The second kappa shape index (κ2) is 8.81. The number of anilines is 1. The molecule has 1 heterocycles. The first-order valence-electron chi connectivity index (χ1n) is 9.62. The molecule has 1 aromatic carbocycles. The molecule has 0 aromatic heterocycles. The van der Waals surface area contributed by atoms with Crippen molar-refractivity contribution >= 4 is 73.1 Å². The smallest absolute Gasteiger partial charge is 0.307 e. The average molecular weight is 417 g/mol. The van der Waals surface area contributed by atoms with Crippen molar-refractivity contribution in [1.82, 2.24) is 9.62 Å². The molecule has 2 N–H and O–H groups in total. The fourth-order valence-corrected chi connectivity index (χ4v) is 6.09. The summed E-state index contributed by atoms with van der Waals surface area (Å²) in [5, 5.41) is 2.38. The first kappa shape index (κ1) is 21.7. The molecule has 0 bridgehead atoms. The maximum absolute atomic E-state index is 12.6. The normalized spacial score (nSPS) is 21.9. The fourth-order valence-electron chi connectivity index (χ4n) is 4.69. The van der Waals surface area contributed by atoms with Crippen LogP contribution in [-0.2, 0) is 35.7 Å². The third kappa shape index (κ3) is 4.62. The van der Waals surface area contributed by atoms with Gasteiger partial charge in [0.2, 0.25) is 10.0 Å². The first-order valence-corrected chi connectivity index (χ1v) is 11.2. The van der Waals surface area contributed by atoms with Crippen LogP contribution in [0, 0.1) is 0 Å². The van der Waals surface area contributed by atoms with Gasteiger partial charge in [-0.3, -0.25) is 0 Å². The number of benzene rings is 1. The number of nitrogens with one attached hydrogen (secondary N) is 2. The van der Waals surface area contributed by atoms with E-state index in [2.05, 4.69) is 16.1 Å². The molecule has 1 aliphatic heterocycles. The molecule has 2 amide bonds. The second-order valence-corrected chi connectivity index (χ2v) is 9.82. The van der Waals surface area contributed by atoms with Gasteiger partial charge >= 0.3 is 6.03 Å². The van der Waals surface area contributed by atoms with Crippen molar-refractivity contribution < 1.29 is 13.2 Å². The van der Waals surface area contributed by atoms with Gasteiger partial charge in [-0.1, -0.05) is 6.07 Å². The Hall–Kier alpha value is 0.0364. The summed E-state index contributed by atoms with van der Waals surface area (Å²) in [6.07, 6.45) is 7.64. The van der Waals surface area contributed by atoms with E-state index in [1.165, 1.54) is 22.3 Å². The predicted octanol–water partition coefficient (Wildman–Crippen LogP) is 1.83. The minimum absolute atomic E-state index is 0. The standard InChI is InChI=1S/C19H27N3O3S.K/c1-22-10-4-7-15(12-22)26(24,25)21-19(23)20-18-16-8-2-5-13(16)11-14-6-3-9-17(14)18;/h11,15H,2-10,12H2,1H3,(H2,20,21,23);. The van der Waals surface area contributed by atoms with Gasteiger partial charge in [-0.25, -0.2) is 17.9 Å². The third-order valence-corrected chi connectivity index (χ3v) is 7.70. The number of hydrogen-bond acceptors (Lipinski definition) is 4. The van der Waals surface area contributed by atoms with Crippen molar-refractivity contribution in [3.05, 3.63) is 28.3 Å². The molecular weight excluding hydrogens is 389 g/mol. The molecule has 8 heteroatoms. The van der Waals surface area contributed by atoms with E-state index in [0.717, 1.165) is 57.2 Å². The number of hydrogen-bond donors (Lipinski definition) is 2. The Labute approximate surface area is 204 Å². The number of sulfonamides is 1. The maximum Gasteiger partial charge on any atom is 0.332 e. The zero-order valence-corrected chi connectivity index (χ0v) is 20.2. The van der Waals surface area contributed by atoms with Crippen molar-refractivity contribution in [2.45, 2.75) is 56.6 Å². The summed E-state index contributed by atoms with van der Waals surface area (Å²) in [5.74, 6) is 0. The molecule has 1 radical (unpaired) electrons. The van der Waals surface area contributed by atoms with Crippen LogP contribution in [0.3, 0.4) is 0 Å². The summed E-state index contributed by atoms with van der Waals surface area (Å²) in [5.41, 5.74) is 5.92. The van der Waals surface area contributed by atoms with Crippen LogP contribution >= 0.6 is 0 Å². The zero-order valence-electron chi connectivity index (χ0n) is 16.3. The number of aryl methyl sites for hydroxylation is 2. The number of carbonyl (C=O) groups is 1. The molecule has 2 aliphatic carbocycles. The number of rotatable bonds is 3. The van der Waals surface area contributed by atoms with Crippen LogP contribution in [0.4, 0.5) is 10.5 Å². The molecule has 0 saturated carbocycles. The molecule has 1 aromatic rings. The minimum atomic E-state index is -3.67. The Morgan fingerprint density at radius 2 is 1.70 bits per heavy atom. The van der Waals surface area contributed by atoms with Crippen molar-refractivity contribution in [1.29, 1.82) is 0 Å². The molecule has 1 saturated heterocycles. The molecule has 143 valence electrons. The minimum Gasteiger partial charge on any atom is -0.307 e. The van der Waals surface area contributed by atoms with Gasteiger partial charge in [-0.05, 0) is 87.2 Å². The number of urea groups is 1. The number of likely N-dealkylation sites (tertiary alicyclic amines) is 1. The second-order valence-electron chi connectivity index (χ2n) is 7.86. The summed E-state index contributed by atoms with van der Waals surface area (Å²) >= 11 is 0. The SMILES string of the molecule is CN1CCCC(S(=O)(=O)NC(=O)Nc2c3c(cc4c2CCC4)CCC3)C1.[K]. The van der Waals surface area contributed by atoms with Gasteiger partial charge in [0, 0.05) is 63.6 Å². The third-order valence-electron chi connectivity index (χ3n) is 5.97. The van der Waals surface area contributed by atoms with Gasteiger partial charge in [0.15, 0.2) is 0 Å². The largest absolute Gasteiger partial charge is 0.332 e. The monoisotopic (exact) mass is 416 g/mol. The number of nitrogens with zero attached hydrogens (tertiary/aromatic N) is 1. The van der Waals surface area contributed by atoms with E-state index in [9.17, 15) is 13.2 Å². The van der Waals surface area contributed by atoms with Gasteiger partial charge in [0.05, 0.1) is 5.25 Å². The zero-order chi connectivity index (χ0) is 18.3. The van der Waals surface area contributed by atoms with E-state index >= 15 is 0 Å². The topological polar surface area (TPSA) is 78.5 Å². The molecule has 27 heavy (non-hydrogen) atoms. The van der Waals surface area contributed by atoms with Gasteiger partial charge in [0.1, 0.15) is 0 Å². The summed E-state index contributed by atoms with van der Waals surface area (Å²) in [6.45, 7) is 1.37. The summed E-state index contributed by atoms with van der Waals surface area (Å²) < 4.78 is 27.5. The molecule has 0 spiro atoms. The number of fused-ring (bicyclic) bond motifs is 2. The molecule has 1 atom stereocenters. The molecule has 1 unspecified atom stereocenters. The van der Waals surface area contributed by atoms with Gasteiger partial charge < -0.3 is 10.2 Å². The number of amides is 2. The van der Waals surface area contributed by atoms with Crippen molar-refractivity contribution in [3.63, 3.8) is 0 Å². The maximum atomic E-state index is 12.6. The van der Waals surface area contributed by atoms with E-state index in [1.54, 1.807) is 0 Å². The van der Waals surface area contributed by atoms with E-state index in [1.807, 2.05) is 11.9 Å². The molecular formula is C19H27KN3O3S. The molecule has 1 fully saturated rings. The van der Waals surface area contributed by atoms with Crippen LogP contribution < -0.4 is 10.0 Å². The van der Waals surface area contributed by atoms with Crippen LogP contribution in [0.2, 0.25) is 0 Å². The molecule has 6 nitrogen and oxygen atoms in total. The Morgan fingerprint density at radius 1 is 1.07 bits per heavy atom. The van der Waals surface area contributed by atoms with Crippen LogP contribution in [0.1, 0.15) is 47.9 Å². The number of carbonyl (C=O) groups excluding carboxylic acids is 1. The summed E-state index contributed by atoms with van der Waals surface area (Å²) in [4.78, 5) is 14.5. The van der Waals surface area contributed by atoms with Crippen molar-refractivity contribution in [2.24, 2.45) is 0 Å². The van der Waals surface area contributed by atoms with Crippen molar-refractivity contribution in [3.8, 4) is 0 Å². The summed E-state index contributed by atoms with van der Waals surface area (Å²) in [7, 11) is -1.75.